The van der Waals surface area contributed by atoms with Gasteiger partial charge >= 0.3 is 5.97 Å². The lowest BCUT2D eigenvalue weighted by Crippen LogP contribution is -2.39. The van der Waals surface area contributed by atoms with Crippen molar-refractivity contribution in [1.29, 1.82) is 0 Å². The van der Waals surface area contributed by atoms with Crippen LogP contribution in [-0.2, 0) is 25.5 Å². The highest BCUT2D eigenvalue weighted by Crippen LogP contribution is 2.29. The number of fused-ring (bicyclic) bond motifs is 1. The fourth-order valence-corrected chi connectivity index (χ4v) is 4.11. The van der Waals surface area contributed by atoms with E-state index in [-0.39, 0.29) is 42.2 Å². The second-order valence-corrected chi connectivity index (χ2v) is 7.87. The molecule has 2 aromatic carbocycles. The number of ether oxygens (including phenoxy) is 1. The van der Waals surface area contributed by atoms with Crippen LogP contribution in [0.15, 0.2) is 48.5 Å². The molecule has 1 heterocycles. The molecule has 0 unspecified atom stereocenters. The zero-order valence-corrected chi connectivity index (χ0v) is 17.3. The van der Waals surface area contributed by atoms with E-state index in [0.717, 1.165) is 29.7 Å². The van der Waals surface area contributed by atoms with Crippen molar-refractivity contribution in [3.63, 3.8) is 0 Å². The van der Waals surface area contributed by atoms with Gasteiger partial charge in [-0.3, -0.25) is 19.3 Å². The first-order valence-corrected chi connectivity index (χ1v) is 10.5. The van der Waals surface area contributed by atoms with Crippen molar-refractivity contribution in [2.75, 3.05) is 4.90 Å². The topological polar surface area (TPSA) is 92.8 Å². The summed E-state index contributed by atoms with van der Waals surface area (Å²) in [7, 11) is 0. The number of hydrogen-bond donors (Lipinski definition) is 1. The Hall–Kier alpha value is -3.48. The molecule has 1 N–H and O–H groups in total. The number of esters is 1. The van der Waals surface area contributed by atoms with Crippen LogP contribution in [0.1, 0.15) is 60.1 Å². The first-order valence-electron chi connectivity index (χ1n) is 10.5. The summed E-state index contributed by atoms with van der Waals surface area (Å²) in [5.41, 5.74) is 2.84. The summed E-state index contributed by atoms with van der Waals surface area (Å²) in [5.74, 6) is -1.64. The van der Waals surface area contributed by atoms with E-state index in [1.807, 2.05) is 18.2 Å². The van der Waals surface area contributed by atoms with Gasteiger partial charge in [-0.2, -0.15) is 0 Å². The van der Waals surface area contributed by atoms with Crippen molar-refractivity contribution < 1.29 is 23.9 Å². The van der Waals surface area contributed by atoms with Crippen molar-refractivity contribution in [2.45, 2.75) is 51.2 Å². The molecule has 1 saturated heterocycles. The van der Waals surface area contributed by atoms with E-state index in [1.54, 1.807) is 12.1 Å². The summed E-state index contributed by atoms with van der Waals surface area (Å²) in [6.07, 6.45) is 2.15. The molecule has 0 spiro atoms. The molecule has 0 saturated carbocycles. The van der Waals surface area contributed by atoms with Gasteiger partial charge in [0.1, 0.15) is 0 Å². The standard InChI is InChI=1S/C24H24N2O5/c1-15(23(29)25-20-11-5-7-16-6-2-3-10-19(16)20)31-24(30)17-8-4-9-18(14-17)26-21(27)12-13-22(26)28/h2-4,6,8-10,14-15,20H,5,7,11-13H2,1H3,(H,25,29)/t15-,20+/m0/s1. The predicted molar refractivity (Wildman–Crippen MR) is 113 cm³/mol. The quantitative estimate of drug-likeness (QED) is 0.593. The maximum absolute atomic E-state index is 12.7. The molecule has 2 atom stereocenters. The van der Waals surface area contributed by atoms with Crippen LogP contribution in [0.4, 0.5) is 5.69 Å². The number of aryl methyl sites for hydroxylation is 1. The average Bonchev–Trinajstić information content (AvgIpc) is 3.12. The van der Waals surface area contributed by atoms with E-state index in [4.69, 9.17) is 4.74 Å². The van der Waals surface area contributed by atoms with Crippen molar-refractivity contribution in [3.05, 3.63) is 65.2 Å². The molecular weight excluding hydrogens is 396 g/mol. The van der Waals surface area contributed by atoms with Crippen LogP contribution in [0.2, 0.25) is 0 Å². The fraction of sp³-hybridized carbons (Fsp3) is 0.333. The summed E-state index contributed by atoms with van der Waals surface area (Å²) in [4.78, 5) is 50.2. The Morgan fingerprint density at radius 3 is 2.55 bits per heavy atom. The number of carbonyl (C=O) groups is 4. The van der Waals surface area contributed by atoms with Gasteiger partial charge in [-0.25, -0.2) is 4.79 Å². The van der Waals surface area contributed by atoms with E-state index in [9.17, 15) is 19.2 Å². The van der Waals surface area contributed by atoms with Crippen LogP contribution in [0.3, 0.4) is 0 Å². The van der Waals surface area contributed by atoms with E-state index in [2.05, 4.69) is 11.4 Å². The van der Waals surface area contributed by atoms with Gasteiger partial charge in [0.05, 0.1) is 17.3 Å². The van der Waals surface area contributed by atoms with Gasteiger partial charge in [0.2, 0.25) is 11.8 Å². The van der Waals surface area contributed by atoms with Crippen molar-refractivity contribution in [1.82, 2.24) is 5.32 Å². The van der Waals surface area contributed by atoms with Crippen molar-refractivity contribution in [2.24, 2.45) is 0 Å². The van der Waals surface area contributed by atoms with Gasteiger partial charge in [0.15, 0.2) is 6.10 Å². The molecule has 7 nitrogen and oxygen atoms in total. The SMILES string of the molecule is C[C@H](OC(=O)c1cccc(N2C(=O)CCC2=O)c1)C(=O)N[C@@H]1CCCc2ccccc21. The maximum Gasteiger partial charge on any atom is 0.338 e. The number of imide groups is 1. The zero-order valence-electron chi connectivity index (χ0n) is 17.3. The molecule has 1 fully saturated rings. The Balaban J connectivity index is 1.41. The third-order valence-electron chi connectivity index (χ3n) is 5.73. The lowest BCUT2D eigenvalue weighted by atomic mass is 9.87. The minimum Gasteiger partial charge on any atom is -0.449 e. The molecule has 2 aliphatic rings. The molecule has 1 aliphatic carbocycles. The maximum atomic E-state index is 12.7. The zero-order chi connectivity index (χ0) is 22.0. The van der Waals surface area contributed by atoms with Gasteiger partial charge in [-0.15, -0.1) is 0 Å². The van der Waals surface area contributed by atoms with Crippen LogP contribution >= 0.6 is 0 Å². The minimum absolute atomic E-state index is 0.103. The van der Waals surface area contributed by atoms with E-state index in [1.165, 1.54) is 24.6 Å². The smallest absolute Gasteiger partial charge is 0.338 e. The largest absolute Gasteiger partial charge is 0.449 e. The second-order valence-electron chi connectivity index (χ2n) is 7.87. The lowest BCUT2D eigenvalue weighted by Gasteiger charge is -2.27. The molecule has 0 aromatic heterocycles. The van der Waals surface area contributed by atoms with E-state index >= 15 is 0 Å². The Morgan fingerprint density at radius 1 is 1.03 bits per heavy atom. The average molecular weight is 420 g/mol. The fourth-order valence-electron chi connectivity index (χ4n) is 4.11. The predicted octanol–water partition coefficient (Wildman–Crippen LogP) is 3.08. The Bertz CT molecular complexity index is 1030. The first-order chi connectivity index (χ1) is 14.9. The highest BCUT2D eigenvalue weighted by molar-refractivity contribution is 6.20. The summed E-state index contributed by atoms with van der Waals surface area (Å²) in [6, 6.07) is 14.1. The third-order valence-corrected chi connectivity index (χ3v) is 5.73. The molecule has 160 valence electrons. The second kappa shape index (κ2) is 8.71. The van der Waals surface area contributed by atoms with Crippen LogP contribution in [0, 0.1) is 0 Å². The molecule has 1 aliphatic heterocycles. The van der Waals surface area contributed by atoms with Gasteiger partial charge in [0.25, 0.3) is 5.91 Å². The van der Waals surface area contributed by atoms with E-state index < -0.39 is 12.1 Å². The van der Waals surface area contributed by atoms with Crippen molar-refractivity contribution >= 4 is 29.4 Å². The number of anilines is 1. The van der Waals surface area contributed by atoms with Gasteiger partial charge in [-0.05, 0) is 55.5 Å². The molecule has 31 heavy (non-hydrogen) atoms. The molecule has 3 amide bonds. The number of rotatable bonds is 5. The summed E-state index contributed by atoms with van der Waals surface area (Å²) >= 11 is 0. The molecule has 2 aromatic rings. The van der Waals surface area contributed by atoms with E-state index in [0.29, 0.717) is 5.69 Å². The minimum atomic E-state index is -0.986. The van der Waals surface area contributed by atoms with Gasteiger partial charge < -0.3 is 10.1 Å². The number of hydrogen-bond acceptors (Lipinski definition) is 5. The number of carbonyl (C=O) groups excluding carboxylic acids is 4. The number of nitrogens with zero attached hydrogens (tertiary/aromatic N) is 1. The normalized spacial score (nSPS) is 19.0. The lowest BCUT2D eigenvalue weighted by molar-refractivity contribution is -0.130. The third kappa shape index (κ3) is 4.35. The number of benzene rings is 2. The van der Waals surface area contributed by atoms with Crippen molar-refractivity contribution in [3.8, 4) is 0 Å². The van der Waals surface area contributed by atoms with Gasteiger partial charge in [-0.1, -0.05) is 30.3 Å². The molecule has 7 heteroatoms. The molecular formula is C24H24N2O5. The first kappa shape index (κ1) is 20.8. The van der Waals surface area contributed by atoms with Crippen LogP contribution < -0.4 is 10.2 Å². The molecule has 4 rings (SSSR count). The summed E-state index contributed by atoms with van der Waals surface area (Å²) in [6.45, 7) is 1.53. The molecule has 0 bridgehead atoms. The Labute approximate surface area is 180 Å². The van der Waals surface area contributed by atoms with Crippen LogP contribution in [0.5, 0.6) is 0 Å². The Morgan fingerprint density at radius 2 is 1.77 bits per heavy atom. The van der Waals surface area contributed by atoms with Crippen LogP contribution in [-0.4, -0.2) is 29.8 Å². The van der Waals surface area contributed by atoms with Crippen LogP contribution in [0.25, 0.3) is 0 Å². The summed E-state index contributed by atoms with van der Waals surface area (Å²) < 4.78 is 5.36. The number of nitrogens with one attached hydrogen (secondary N) is 1. The van der Waals surface area contributed by atoms with Gasteiger partial charge in [0, 0.05) is 12.8 Å². The molecule has 0 radical (unpaired) electrons. The Kier molecular flexibility index (Phi) is 5.84. The summed E-state index contributed by atoms with van der Waals surface area (Å²) in [5, 5.41) is 2.99. The monoisotopic (exact) mass is 420 g/mol. The number of amides is 3. The highest BCUT2D eigenvalue weighted by atomic mass is 16.5. The highest BCUT2D eigenvalue weighted by Gasteiger charge is 2.31.